The van der Waals surface area contributed by atoms with Crippen molar-refractivity contribution < 1.29 is 0 Å². The van der Waals surface area contributed by atoms with Crippen molar-refractivity contribution in [1.29, 1.82) is 0 Å². The molecule has 0 atom stereocenters. The van der Waals surface area contributed by atoms with Crippen LogP contribution in [0.1, 0.15) is 25.0 Å². The molecule has 2 heterocycles. The lowest BCUT2D eigenvalue weighted by Crippen LogP contribution is -2.16. The number of benzene rings is 9. The van der Waals surface area contributed by atoms with Gasteiger partial charge in [-0.1, -0.05) is 141 Å². The van der Waals surface area contributed by atoms with Crippen LogP contribution in [0.2, 0.25) is 0 Å². The Labute approximate surface area is 353 Å². The summed E-state index contributed by atoms with van der Waals surface area (Å²) >= 11 is 1.89. The van der Waals surface area contributed by atoms with Crippen molar-refractivity contribution in [2.75, 3.05) is 4.90 Å². The van der Waals surface area contributed by atoms with E-state index in [0.29, 0.717) is 0 Å². The largest absolute Gasteiger partial charge is 0.310 e. The predicted molar refractivity (Wildman–Crippen MR) is 257 cm³/mol. The second kappa shape index (κ2) is 13.4. The highest BCUT2D eigenvalue weighted by molar-refractivity contribution is 7.26. The molecule has 0 unspecified atom stereocenters. The lowest BCUT2D eigenvalue weighted by molar-refractivity contribution is 0.660. The Morgan fingerprint density at radius 2 is 1.00 bits per heavy atom. The Kier molecular flexibility index (Phi) is 7.79. The third-order valence-electron chi connectivity index (χ3n) is 12.8. The van der Waals surface area contributed by atoms with Crippen molar-refractivity contribution in [2.45, 2.75) is 19.3 Å². The van der Waals surface area contributed by atoms with Crippen LogP contribution >= 0.6 is 11.3 Å². The maximum atomic E-state index is 2.41. The summed E-state index contributed by atoms with van der Waals surface area (Å²) in [6.45, 7) is 4.70. The average Bonchev–Trinajstić information content (AvgIpc) is 3.92. The Morgan fingerprint density at radius 1 is 0.400 bits per heavy atom. The van der Waals surface area contributed by atoms with Gasteiger partial charge in [0.15, 0.2) is 0 Å². The summed E-state index contributed by atoms with van der Waals surface area (Å²) in [7, 11) is 0. The van der Waals surface area contributed by atoms with Gasteiger partial charge in [0.2, 0.25) is 0 Å². The Morgan fingerprint density at radius 3 is 1.83 bits per heavy atom. The third kappa shape index (κ3) is 5.33. The minimum Gasteiger partial charge on any atom is -0.310 e. The zero-order valence-corrected chi connectivity index (χ0v) is 34.2. The maximum Gasteiger partial charge on any atom is 0.0541 e. The molecule has 2 aromatic heterocycles. The fourth-order valence-corrected chi connectivity index (χ4v) is 11.1. The standard InChI is InChI=1S/C57H40N2S/c1-57(2)51-22-11-9-18-45(51)46-31-30-43(36-52(46)57)58(40-14-5-3-6-15-40)42-28-24-37(25-29-42)44-20-13-21-48-50-35-39(27-33-55(50)60-56(44)48)38-26-32-54-49(34-38)47-19-10-12-23-53(47)59(54)41-16-7-4-8-17-41/h3-36H,1-2H3. The summed E-state index contributed by atoms with van der Waals surface area (Å²) in [5.74, 6) is 0. The summed E-state index contributed by atoms with van der Waals surface area (Å²) in [5, 5.41) is 5.14. The number of hydrogen-bond acceptors (Lipinski definition) is 2. The van der Waals surface area contributed by atoms with Crippen LogP contribution in [0.4, 0.5) is 17.1 Å². The van der Waals surface area contributed by atoms with E-state index >= 15 is 0 Å². The van der Waals surface area contributed by atoms with Gasteiger partial charge in [-0.2, -0.15) is 0 Å². The van der Waals surface area contributed by atoms with E-state index < -0.39 is 0 Å². The third-order valence-corrected chi connectivity index (χ3v) is 14.0. The van der Waals surface area contributed by atoms with Gasteiger partial charge in [0.25, 0.3) is 0 Å². The number of nitrogens with zero attached hydrogens (tertiary/aromatic N) is 2. The molecule has 11 aromatic rings. The van der Waals surface area contributed by atoms with Crippen molar-refractivity contribution in [1.82, 2.24) is 4.57 Å². The van der Waals surface area contributed by atoms with Crippen LogP contribution in [0.25, 0.3) is 81.0 Å². The second-order valence-electron chi connectivity index (χ2n) is 16.5. The molecule has 1 aliphatic rings. The van der Waals surface area contributed by atoms with Crippen molar-refractivity contribution >= 4 is 70.4 Å². The second-order valence-corrected chi connectivity index (χ2v) is 17.6. The van der Waals surface area contributed by atoms with Gasteiger partial charge >= 0.3 is 0 Å². The van der Waals surface area contributed by atoms with Gasteiger partial charge < -0.3 is 9.47 Å². The minimum absolute atomic E-state index is 0.0737. The van der Waals surface area contributed by atoms with Gasteiger partial charge in [0, 0.05) is 59.1 Å². The lowest BCUT2D eigenvalue weighted by atomic mass is 9.82. The number of anilines is 3. The highest BCUT2D eigenvalue weighted by Crippen LogP contribution is 2.51. The molecule has 1 aliphatic carbocycles. The zero-order valence-electron chi connectivity index (χ0n) is 33.4. The van der Waals surface area contributed by atoms with Crippen LogP contribution in [0, 0.1) is 0 Å². The molecule has 0 saturated carbocycles. The molecular weight excluding hydrogens is 745 g/mol. The van der Waals surface area contributed by atoms with Crippen LogP contribution in [-0.2, 0) is 5.41 Å². The number of rotatable bonds is 6. The summed E-state index contributed by atoms with van der Waals surface area (Å²) in [6.07, 6.45) is 0. The first-order valence-electron chi connectivity index (χ1n) is 20.8. The Balaban J connectivity index is 0.918. The van der Waals surface area contributed by atoms with E-state index in [2.05, 4.69) is 230 Å². The number of thiophene rings is 1. The van der Waals surface area contributed by atoms with Gasteiger partial charge in [-0.25, -0.2) is 0 Å². The molecule has 60 heavy (non-hydrogen) atoms. The van der Waals surface area contributed by atoms with E-state index in [1.807, 2.05) is 11.3 Å². The van der Waals surface area contributed by atoms with Crippen LogP contribution < -0.4 is 4.90 Å². The Hall–Kier alpha value is -7.20. The predicted octanol–water partition coefficient (Wildman–Crippen LogP) is 16.3. The quantitative estimate of drug-likeness (QED) is 0.163. The Bertz CT molecular complexity index is 3450. The monoisotopic (exact) mass is 784 g/mol. The molecule has 0 bridgehead atoms. The summed E-state index contributed by atoms with van der Waals surface area (Å²) in [4.78, 5) is 2.39. The van der Waals surface area contributed by atoms with E-state index in [4.69, 9.17) is 0 Å². The van der Waals surface area contributed by atoms with Crippen LogP contribution in [0.15, 0.2) is 206 Å². The van der Waals surface area contributed by atoms with E-state index in [-0.39, 0.29) is 5.41 Å². The molecular formula is C57H40N2S. The maximum absolute atomic E-state index is 2.41. The molecule has 0 spiro atoms. The average molecular weight is 785 g/mol. The zero-order chi connectivity index (χ0) is 40.0. The lowest BCUT2D eigenvalue weighted by Gasteiger charge is -2.28. The molecule has 9 aromatic carbocycles. The number of fused-ring (bicyclic) bond motifs is 9. The first-order chi connectivity index (χ1) is 29.5. The van der Waals surface area contributed by atoms with Crippen LogP contribution in [-0.4, -0.2) is 4.57 Å². The van der Waals surface area contributed by atoms with Crippen molar-refractivity contribution in [3.05, 3.63) is 217 Å². The smallest absolute Gasteiger partial charge is 0.0541 e. The summed E-state index contributed by atoms with van der Waals surface area (Å²) < 4.78 is 5.00. The number of para-hydroxylation sites is 3. The van der Waals surface area contributed by atoms with Crippen LogP contribution in [0.5, 0.6) is 0 Å². The van der Waals surface area contributed by atoms with E-state index in [0.717, 1.165) is 17.1 Å². The molecule has 12 rings (SSSR count). The van der Waals surface area contributed by atoms with Crippen molar-refractivity contribution in [3.8, 4) is 39.1 Å². The van der Waals surface area contributed by atoms with Crippen LogP contribution in [0.3, 0.4) is 0 Å². The summed E-state index contributed by atoms with van der Waals surface area (Å²) in [5.41, 5.74) is 17.4. The molecule has 0 aliphatic heterocycles. The summed E-state index contributed by atoms with van der Waals surface area (Å²) in [6, 6.07) is 75.9. The normalized spacial score (nSPS) is 13.0. The number of aromatic nitrogens is 1. The minimum atomic E-state index is -0.0737. The molecule has 0 amide bonds. The molecule has 0 saturated heterocycles. The fourth-order valence-electron chi connectivity index (χ4n) is 9.86. The first kappa shape index (κ1) is 34.8. The van der Waals surface area contributed by atoms with Gasteiger partial charge in [-0.3, -0.25) is 0 Å². The highest BCUT2D eigenvalue weighted by Gasteiger charge is 2.35. The van der Waals surface area contributed by atoms with Crippen molar-refractivity contribution in [2.24, 2.45) is 0 Å². The first-order valence-corrected chi connectivity index (χ1v) is 21.6. The van der Waals surface area contributed by atoms with Gasteiger partial charge in [0.1, 0.15) is 0 Å². The SMILES string of the molecule is CC1(C)c2ccccc2-c2ccc(N(c3ccccc3)c3ccc(-c4cccc5c4sc4ccc(-c6ccc7c(c6)c6ccccc6n7-c6ccccc6)cc45)cc3)cc21. The molecule has 0 N–H and O–H groups in total. The molecule has 2 nitrogen and oxygen atoms in total. The van der Waals surface area contributed by atoms with E-state index in [1.54, 1.807) is 0 Å². The number of hydrogen-bond donors (Lipinski definition) is 0. The molecule has 0 radical (unpaired) electrons. The highest BCUT2D eigenvalue weighted by atomic mass is 32.1. The topological polar surface area (TPSA) is 8.17 Å². The van der Waals surface area contributed by atoms with E-state index in [9.17, 15) is 0 Å². The molecule has 3 heteroatoms. The van der Waals surface area contributed by atoms with Gasteiger partial charge in [0.05, 0.1) is 11.0 Å². The fraction of sp³-hybridized carbons (Fsp3) is 0.0526. The van der Waals surface area contributed by atoms with Crippen molar-refractivity contribution in [3.63, 3.8) is 0 Å². The molecule has 0 fully saturated rings. The molecule has 284 valence electrons. The van der Waals surface area contributed by atoms with Gasteiger partial charge in [-0.05, 0) is 123 Å². The van der Waals surface area contributed by atoms with Gasteiger partial charge in [-0.15, -0.1) is 11.3 Å². The van der Waals surface area contributed by atoms with E-state index in [1.165, 1.54) is 92.2 Å².